The summed E-state index contributed by atoms with van der Waals surface area (Å²) in [4.78, 5) is 4.24. The first-order valence-corrected chi connectivity index (χ1v) is 7.67. The molecule has 2 aliphatic rings. The molecule has 0 aliphatic heterocycles. The van der Waals surface area contributed by atoms with Crippen molar-refractivity contribution in [3.63, 3.8) is 0 Å². The van der Waals surface area contributed by atoms with E-state index in [9.17, 15) is 0 Å². The van der Waals surface area contributed by atoms with Crippen molar-refractivity contribution < 1.29 is 0 Å². The van der Waals surface area contributed by atoms with Crippen LogP contribution < -0.4 is 11.1 Å². The number of nitrogens with one attached hydrogen (secondary N) is 1. The Kier molecular flexibility index (Phi) is 2.79. The first-order chi connectivity index (χ1) is 9.81. The smallest absolute Gasteiger partial charge is 0.0437 e. The molecule has 2 bridgehead atoms. The second-order valence-corrected chi connectivity index (χ2v) is 6.44. The van der Waals surface area contributed by atoms with Crippen LogP contribution >= 0.6 is 0 Å². The number of nitrogen functional groups attached to an aromatic ring is 1. The van der Waals surface area contributed by atoms with Crippen LogP contribution in [0.4, 0.5) is 11.4 Å². The molecule has 2 fully saturated rings. The third-order valence-electron chi connectivity index (χ3n) is 5.29. The van der Waals surface area contributed by atoms with Crippen molar-refractivity contribution >= 4 is 22.1 Å². The predicted octanol–water partition coefficient (Wildman–Crippen LogP) is 3.67. The lowest BCUT2D eigenvalue weighted by Gasteiger charge is -2.23. The summed E-state index contributed by atoms with van der Waals surface area (Å²) >= 11 is 0. The third-order valence-corrected chi connectivity index (χ3v) is 5.29. The number of pyridine rings is 1. The molecule has 3 N–H and O–H groups in total. The van der Waals surface area contributed by atoms with Crippen LogP contribution in [-0.4, -0.2) is 11.5 Å². The summed E-state index contributed by atoms with van der Waals surface area (Å²) in [6, 6.07) is 6.07. The van der Waals surface area contributed by atoms with Gasteiger partial charge >= 0.3 is 0 Å². The molecular formula is C17H21N3. The summed E-state index contributed by atoms with van der Waals surface area (Å²) in [7, 11) is 0. The maximum Gasteiger partial charge on any atom is 0.0437 e. The fraction of sp³-hybridized carbons (Fsp3) is 0.471. The highest BCUT2D eigenvalue weighted by Crippen LogP contribution is 2.48. The van der Waals surface area contributed by atoms with E-state index >= 15 is 0 Å². The highest BCUT2D eigenvalue weighted by Gasteiger charge is 2.39. The topological polar surface area (TPSA) is 50.9 Å². The molecule has 0 saturated heterocycles. The zero-order valence-corrected chi connectivity index (χ0v) is 11.7. The molecule has 3 unspecified atom stereocenters. The van der Waals surface area contributed by atoms with Gasteiger partial charge in [-0.05, 0) is 55.2 Å². The molecule has 0 radical (unpaired) electrons. The average Bonchev–Trinajstić information content (AvgIpc) is 3.09. The zero-order chi connectivity index (χ0) is 13.5. The van der Waals surface area contributed by atoms with Crippen LogP contribution in [0, 0.1) is 17.8 Å². The number of benzene rings is 1. The van der Waals surface area contributed by atoms with Gasteiger partial charge in [0.05, 0.1) is 0 Å². The number of hydrogen-bond acceptors (Lipinski definition) is 3. The van der Waals surface area contributed by atoms with Crippen molar-refractivity contribution in [1.29, 1.82) is 0 Å². The molecule has 1 aromatic carbocycles. The van der Waals surface area contributed by atoms with E-state index in [1.165, 1.54) is 31.4 Å². The fourth-order valence-electron chi connectivity index (χ4n) is 4.24. The van der Waals surface area contributed by atoms with Gasteiger partial charge in [-0.15, -0.1) is 0 Å². The van der Waals surface area contributed by atoms with E-state index < -0.39 is 0 Å². The van der Waals surface area contributed by atoms with Crippen LogP contribution in [0.25, 0.3) is 10.8 Å². The molecule has 2 aromatic rings. The van der Waals surface area contributed by atoms with Crippen LogP contribution in [0.1, 0.15) is 25.7 Å². The molecule has 3 heteroatoms. The van der Waals surface area contributed by atoms with Crippen molar-refractivity contribution in [2.24, 2.45) is 17.8 Å². The number of fused-ring (bicyclic) bond motifs is 3. The summed E-state index contributed by atoms with van der Waals surface area (Å²) in [5, 5.41) is 5.88. The van der Waals surface area contributed by atoms with Gasteiger partial charge < -0.3 is 11.1 Å². The minimum absolute atomic E-state index is 0.827. The first-order valence-electron chi connectivity index (χ1n) is 7.67. The largest absolute Gasteiger partial charge is 0.398 e. The molecule has 1 heterocycles. The van der Waals surface area contributed by atoms with Gasteiger partial charge in [-0.2, -0.15) is 0 Å². The number of anilines is 2. The zero-order valence-electron chi connectivity index (χ0n) is 11.7. The molecule has 0 amide bonds. The van der Waals surface area contributed by atoms with Crippen LogP contribution in [0.2, 0.25) is 0 Å². The van der Waals surface area contributed by atoms with Crippen molar-refractivity contribution in [3.8, 4) is 0 Å². The minimum atomic E-state index is 0.827. The Morgan fingerprint density at radius 2 is 2.10 bits per heavy atom. The quantitative estimate of drug-likeness (QED) is 0.834. The summed E-state index contributed by atoms with van der Waals surface area (Å²) in [5.74, 6) is 2.83. The molecule has 4 rings (SSSR count). The number of hydrogen-bond donors (Lipinski definition) is 2. The van der Waals surface area contributed by atoms with Crippen LogP contribution in [0.5, 0.6) is 0 Å². The number of rotatable bonds is 3. The van der Waals surface area contributed by atoms with Crippen molar-refractivity contribution in [3.05, 3.63) is 30.6 Å². The molecular weight excluding hydrogens is 246 g/mol. The Morgan fingerprint density at radius 1 is 1.15 bits per heavy atom. The predicted molar refractivity (Wildman–Crippen MR) is 83.6 cm³/mol. The summed E-state index contributed by atoms with van der Waals surface area (Å²) in [6.45, 7) is 1.09. The Bertz CT molecular complexity index is 637. The number of nitrogens with two attached hydrogens (primary N) is 1. The Hall–Kier alpha value is -1.77. The molecule has 2 aliphatic carbocycles. The van der Waals surface area contributed by atoms with E-state index in [1.807, 2.05) is 18.3 Å². The molecule has 0 spiro atoms. The van der Waals surface area contributed by atoms with E-state index in [1.54, 1.807) is 6.20 Å². The molecule has 20 heavy (non-hydrogen) atoms. The van der Waals surface area contributed by atoms with Gasteiger partial charge in [0.15, 0.2) is 0 Å². The highest BCUT2D eigenvalue weighted by molar-refractivity contribution is 6.00. The van der Waals surface area contributed by atoms with Crippen LogP contribution in [0.15, 0.2) is 30.6 Å². The minimum Gasteiger partial charge on any atom is -0.398 e. The molecule has 104 valence electrons. The molecule has 3 nitrogen and oxygen atoms in total. The van der Waals surface area contributed by atoms with Gasteiger partial charge in [-0.1, -0.05) is 6.42 Å². The summed E-state index contributed by atoms with van der Waals surface area (Å²) in [5.41, 5.74) is 8.04. The van der Waals surface area contributed by atoms with E-state index in [4.69, 9.17) is 5.73 Å². The van der Waals surface area contributed by atoms with E-state index in [0.29, 0.717) is 0 Å². The maximum absolute atomic E-state index is 6.04. The average molecular weight is 267 g/mol. The Labute approximate surface area is 119 Å². The lowest BCUT2D eigenvalue weighted by molar-refractivity contribution is 0.348. The SMILES string of the molecule is Nc1ccc(NCC2CC3CCC2C3)c2cnccc12. The van der Waals surface area contributed by atoms with Gasteiger partial charge in [0.1, 0.15) is 0 Å². The fourth-order valence-corrected chi connectivity index (χ4v) is 4.24. The van der Waals surface area contributed by atoms with E-state index in [0.717, 1.165) is 40.8 Å². The standard InChI is InChI=1S/C17H21N3/c18-16-3-4-17(15-10-19-6-5-14(15)16)20-9-13-8-11-1-2-12(13)7-11/h3-6,10-13,20H,1-2,7-9,18H2. The van der Waals surface area contributed by atoms with Crippen molar-refractivity contribution in [1.82, 2.24) is 4.98 Å². The highest BCUT2D eigenvalue weighted by atomic mass is 14.9. The number of aromatic nitrogens is 1. The molecule has 1 aromatic heterocycles. The van der Waals surface area contributed by atoms with Gasteiger partial charge in [-0.3, -0.25) is 4.98 Å². The second-order valence-electron chi connectivity index (χ2n) is 6.44. The Morgan fingerprint density at radius 3 is 2.90 bits per heavy atom. The number of nitrogens with zero attached hydrogens (tertiary/aromatic N) is 1. The first kappa shape index (κ1) is 12.0. The lowest BCUT2D eigenvalue weighted by atomic mass is 9.89. The van der Waals surface area contributed by atoms with Gasteiger partial charge in [0.25, 0.3) is 0 Å². The second kappa shape index (κ2) is 4.65. The van der Waals surface area contributed by atoms with Crippen LogP contribution in [-0.2, 0) is 0 Å². The van der Waals surface area contributed by atoms with E-state index in [2.05, 4.69) is 16.4 Å². The summed E-state index contributed by atoms with van der Waals surface area (Å²) in [6.07, 6.45) is 9.52. The van der Waals surface area contributed by atoms with E-state index in [-0.39, 0.29) is 0 Å². The van der Waals surface area contributed by atoms with Crippen molar-refractivity contribution in [2.45, 2.75) is 25.7 Å². The van der Waals surface area contributed by atoms with Gasteiger partial charge in [0.2, 0.25) is 0 Å². The van der Waals surface area contributed by atoms with Gasteiger partial charge in [0, 0.05) is 41.1 Å². The lowest BCUT2D eigenvalue weighted by Crippen LogP contribution is -2.20. The molecule has 2 saturated carbocycles. The monoisotopic (exact) mass is 267 g/mol. The van der Waals surface area contributed by atoms with Crippen molar-refractivity contribution in [2.75, 3.05) is 17.6 Å². The molecule has 3 atom stereocenters. The van der Waals surface area contributed by atoms with Gasteiger partial charge in [-0.25, -0.2) is 0 Å². The third kappa shape index (κ3) is 1.92. The maximum atomic E-state index is 6.04. The normalized spacial score (nSPS) is 28.1. The Balaban J connectivity index is 1.56. The van der Waals surface area contributed by atoms with Crippen LogP contribution in [0.3, 0.4) is 0 Å². The summed E-state index contributed by atoms with van der Waals surface area (Å²) < 4.78 is 0.